The molecule has 2 heterocycles. The third-order valence-electron chi connectivity index (χ3n) is 5.18. The number of anilines is 1. The first-order valence-electron chi connectivity index (χ1n) is 9.21. The van der Waals surface area contributed by atoms with E-state index in [1.54, 1.807) is 0 Å². The highest BCUT2D eigenvalue weighted by Gasteiger charge is 2.61. The number of benzene rings is 1. The number of carbonyl (C=O) groups excluding carboxylic acids is 2. The molecule has 1 fully saturated rings. The molecule has 32 heavy (non-hydrogen) atoms. The number of nitrogens with zero attached hydrogens (tertiary/aromatic N) is 1. The van der Waals surface area contributed by atoms with Gasteiger partial charge in [0.15, 0.2) is 17.2 Å². The van der Waals surface area contributed by atoms with E-state index in [2.05, 4.69) is 10.3 Å². The number of alkyl halides is 3. The van der Waals surface area contributed by atoms with Crippen LogP contribution in [0.2, 0.25) is 0 Å². The standard InChI is InChI=1S/C20H18F5N3O4/c1-19(20(23,24)25)8-11(10-3-4-12(21)14(22)15(10)31-2)16(32-19)18(30)28-9-5-6-27-13(7-9)17(26)29/h3-7,11,16H,8H2,1-2H3,(H2,26,29)(H,27,28,30). The van der Waals surface area contributed by atoms with E-state index >= 15 is 0 Å². The minimum Gasteiger partial charge on any atom is -0.493 e. The molecule has 1 aromatic carbocycles. The van der Waals surface area contributed by atoms with Gasteiger partial charge in [-0.1, -0.05) is 6.07 Å². The normalized spacial score (nSPS) is 23.1. The van der Waals surface area contributed by atoms with Gasteiger partial charge in [0.25, 0.3) is 11.8 Å². The van der Waals surface area contributed by atoms with Gasteiger partial charge in [-0.2, -0.15) is 17.6 Å². The van der Waals surface area contributed by atoms with Crippen LogP contribution in [-0.2, 0) is 9.53 Å². The number of nitrogens with two attached hydrogens (primary N) is 1. The summed E-state index contributed by atoms with van der Waals surface area (Å²) in [5.41, 5.74) is 2.07. The number of pyridine rings is 1. The molecule has 1 aliphatic heterocycles. The molecule has 0 spiro atoms. The summed E-state index contributed by atoms with van der Waals surface area (Å²) in [7, 11) is 1.03. The maximum atomic E-state index is 14.2. The zero-order valence-electron chi connectivity index (χ0n) is 16.8. The van der Waals surface area contributed by atoms with E-state index in [1.165, 1.54) is 12.3 Å². The molecule has 0 aliphatic carbocycles. The van der Waals surface area contributed by atoms with E-state index in [4.69, 9.17) is 15.2 Å². The SMILES string of the molecule is COc1c(C2CC(C)(C(F)(F)F)OC2C(=O)Nc2ccnc(C(N)=O)c2)ccc(F)c1F. The molecule has 0 radical (unpaired) electrons. The lowest BCUT2D eigenvalue weighted by molar-refractivity contribution is -0.261. The monoisotopic (exact) mass is 459 g/mol. The van der Waals surface area contributed by atoms with Crippen molar-refractivity contribution in [2.24, 2.45) is 5.73 Å². The number of aromatic nitrogens is 1. The van der Waals surface area contributed by atoms with Crippen LogP contribution in [0, 0.1) is 11.6 Å². The lowest BCUT2D eigenvalue weighted by Gasteiger charge is -2.27. The molecule has 2 amide bonds. The lowest BCUT2D eigenvalue weighted by Crippen LogP contribution is -2.43. The van der Waals surface area contributed by atoms with E-state index in [1.807, 2.05) is 0 Å². The topological polar surface area (TPSA) is 104 Å². The van der Waals surface area contributed by atoms with Crippen molar-refractivity contribution in [2.75, 3.05) is 12.4 Å². The Hall–Kier alpha value is -3.28. The van der Waals surface area contributed by atoms with Gasteiger partial charge in [0, 0.05) is 23.4 Å². The van der Waals surface area contributed by atoms with Crippen LogP contribution in [0.5, 0.6) is 5.75 Å². The van der Waals surface area contributed by atoms with Crippen molar-refractivity contribution in [1.82, 2.24) is 4.98 Å². The molecule has 0 saturated carbocycles. The Labute approximate surface area is 178 Å². The minimum absolute atomic E-state index is 0.0269. The molecule has 2 aromatic rings. The fourth-order valence-electron chi connectivity index (χ4n) is 3.53. The van der Waals surface area contributed by atoms with Crippen LogP contribution in [0.1, 0.15) is 35.3 Å². The first kappa shape index (κ1) is 23.4. The van der Waals surface area contributed by atoms with Crippen LogP contribution >= 0.6 is 0 Å². The number of primary amides is 1. The lowest BCUT2D eigenvalue weighted by atomic mass is 9.85. The van der Waals surface area contributed by atoms with Crippen molar-refractivity contribution >= 4 is 17.5 Å². The quantitative estimate of drug-likeness (QED) is 0.668. The number of rotatable bonds is 5. The fourth-order valence-corrected chi connectivity index (χ4v) is 3.53. The summed E-state index contributed by atoms with van der Waals surface area (Å²) in [6.45, 7) is 0.761. The van der Waals surface area contributed by atoms with Gasteiger partial charge in [-0.3, -0.25) is 14.6 Å². The van der Waals surface area contributed by atoms with Crippen molar-refractivity contribution in [1.29, 1.82) is 0 Å². The summed E-state index contributed by atoms with van der Waals surface area (Å²) in [5, 5.41) is 2.34. The third kappa shape index (κ3) is 4.22. The maximum Gasteiger partial charge on any atom is 0.417 e. The van der Waals surface area contributed by atoms with Gasteiger partial charge >= 0.3 is 6.18 Å². The Balaban J connectivity index is 2.01. The third-order valence-corrected chi connectivity index (χ3v) is 5.18. The average molecular weight is 459 g/mol. The van der Waals surface area contributed by atoms with E-state index in [-0.39, 0.29) is 16.9 Å². The highest BCUT2D eigenvalue weighted by Crippen LogP contribution is 2.51. The molecule has 0 bridgehead atoms. The second-order valence-corrected chi connectivity index (χ2v) is 7.34. The molecule has 3 unspecified atom stereocenters. The van der Waals surface area contributed by atoms with Gasteiger partial charge < -0.3 is 20.5 Å². The van der Waals surface area contributed by atoms with Gasteiger partial charge in [0.1, 0.15) is 11.8 Å². The number of amides is 2. The van der Waals surface area contributed by atoms with Gasteiger partial charge in [-0.25, -0.2) is 4.39 Å². The van der Waals surface area contributed by atoms with Crippen LogP contribution in [0.3, 0.4) is 0 Å². The Kier molecular flexibility index (Phi) is 6.09. The van der Waals surface area contributed by atoms with Crippen LogP contribution in [-0.4, -0.2) is 41.8 Å². The second kappa shape index (κ2) is 8.34. The fraction of sp³-hybridized carbons (Fsp3) is 0.350. The van der Waals surface area contributed by atoms with E-state index < -0.39 is 59.4 Å². The van der Waals surface area contributed by atoms with Crippen LogP contribution in [0.4, 0.5) is 27.6 Å². The number of ether oxygens (including phenoxy) is 2. The van der Waals surface area contributed by atoms with Crippen molar-refractivity contribution in [3.8, 4) is 5.75 Å². The predicted octanol–water partition coefficient (Wildman–Crippen LogP) is 3.30. The molecule has 1 saturated heterocycles. The smallest absolute Gasteiger partial charge is 0.417 e. The summed E-state index contributed by atoms with van der Waals surface area (Å²) in [4.78, 5) is 27.9. The molecule has 7 nitrogen and oxygen atoms in total. The molecule has 1 aliphatic rings. The molecule has 3 rings (SSSR count). The van der Waals surface area contributed by atoms with Crippen molar-refractivity contribution in [3.05, 3.63) is 53.4 Å². The number of hydrogen-bond acceptors (Lipinski definition) is 5. The first-order valence-corrected chi connectivity index (χ1v) is 9.21. The predicted molar refractivity (Wildman–Crippen MR) is 101 cm³/mol. The number of carbonyl (C=O) groups is 2. The highest BCUT2D eigenvalue weighted by molar-refractivity contribution is 5.97. The maximum absolute atomic E-state index is 14.2. The van der Waals surface area contributed by atoms with Crippen LogP contribution in [0.25, 0.3) is 0 Å². The van der Waals surface area contributed by atoms with Crippen molar-refractivity contribution in [3.63, 3.8) is 0 Å². The Morgan fingerprint density at radius 1 is 1.28 bits per heavy atom. The average Bonchev–Trinajstić information content (AvgIpc) is 3.09. The van der Waals surface area contributed by atoms with Crippen LogP contribution in [0.15, 0.2) is 30.5 Å². The van der Waals surface area contributed by atoms with Crippen molar-refractivity contribution < 1.29 is 41.0 Å². The second-order valence-electron chi connectivity index (χ2n) is 7.34. The van der Waals surface area contributed by atoms with Crippen LogP contribution < -0.4 is 15.8 Å². The van der Waals surface area contributed by atoms with E-state index in [0.717, 1.165) is 32.2 Å². The van der Waals surface area contributed by atoms with Gasteiger partial charge in [0.05, 0.1) is 7.11 Å². The summed E-state index contributed by atoms with van der Waals surface area (Å²) >= 11 is 0. The van der Waals surface area contributed by atoms with Gasteiger partial charge in [-0.05, 0) is 31.5 Å². The zero-order valence-corrected chi connectivity index (χ0v) is 16.8. The molecular weight excluding hydrogens is 441 g/mol. The largest absolute Gasteiger partial charge is 0.493 e. The van der Waals surface area contributed by atoms with Crippen molar-refractivity contribution in [2.45, 2.75) is 37.1 Å². The number of hydrogen-bond donors (Lipinski definition) is 2. The number of halogens is 5. The summed E-state index contributed by atoms with van der Waals surface area (Å²) in [6, 6.07) is 4.19. The summed E-state index contributed by atoms with van der Waals surface area (Å²) in [5.74, 6) is -6.50. The Morgan fingerprint density at radius 3 is 2.56 bits per heavy atom. The molecule has 3 N–H and O–H groups in total. The first-order chi connectivity index (χ1) is 14.9. The van der Waals surface area contributed by atoms with Gasteiger partial charge in [-0.15, -0.1) is 0 Å². The highest BCUT2D eigenvalue weighted by atomic mass is 19.4. The Bertz CT molecular complexity index is 1060. The summed E-state index contributed by atoms with van der Waals surface area (Å²) in [6.07, 6.45) is -6.19. The molecular formula is C20H18F5N3O4. The minimum atomic E-state index is -4.86. The van der Waals surface area contributed by atoms with E-state index in [9.17, 15) is 31.5 Å². The van der Waals surface area contributed by atoms with E-state index in [0.29, 0.717) is 0 Å². The zero-order chi connectivity index (χ0) is 23.8. The van der Waals surface area contributed by atoms with Gasteiger partial charge in [0.2, 0.25) is 5.82 Å². The molecule has 1 aromatic heterocycles. The summed E-state index contributed by atoms with van der Waals surface area (Å²) < 4.78 is 78.9. The molecule has 3 atom stereocenters. The molecule has 172 valence electrons. The molecule has 12 heteroatoms. The number of nitrogens with one attached hydrogen (secondary N) is 1. The number of methoxy groups -OCH3 is 1. The Morgan fingerprint density at radius 2 is 1.97 bits per heavy atom.